The molecule has 0 radical (unpaired) electrons. The molecule has 0 saturated heterocycles. The first kappa shape index (κ1) is 19.4. The summed E-state index contributed by atoms with van der Waals surface area (Å²) in [5.74, 6) is -1.33. The van der Waals surface area contributed by atoms with Gasteiger partial charge in [0.25, 0.3) is 11.8 Å². The number of para-hydroxylation sites is 1. The fourth-order valence-corrected chi connectivity index (χ4v) is 2.70. The molecule has 146 valence electrons. The van der Waals surface area contributed by atoms with Crippen molar-refractivity contribution in [2.45, 2.75) is 19.5 Å². The number of benzene rings is 1. The third-order valence-electron chi connectivity index (χ3n) is 3.98. The molecule has 3 rings (SSSR count). The summed E-state index contributed by atoms with van der Waals surface area (Å²) in [5.41, 5.74) is -1.17. The van der Waals surface area contributed by atoms with E-state index in [4.69, 9.17) is 0 Å². The van der Waals surface area contributed by atoms with Gasteiger partial charge in [0.1, 0.15) is 0 Å². The van der Waals surface area contributed by atoms with E-state index >= 15 is 0 Å². The molecule has 28 heavy (non-hydrogen) atoms. The lowest BCUT2D eigenvalue weighted by Crippen LogP contribution is -2.26. The van der Waals surface area contributed by atoms with Crippen LogP contribution in [0.4, 0.5) is 18.9 Å². The molecule has 0 aliphatic heterocycles. The molecular formula is C19H17F3N4O2. The van der Waals surface area contributed by atoms with Crippen molar-refractivity contribution in [1.82, 2.24) is 14.7 Å². The van der Waals surface area contributed by atoms with Gasteiger partial charge in [0.05, 0.1) is 16.8 Å². The molecule has 9 heteroatoms. The lowest BCUT2D eigenvalue weighted by molar-refractivity contribution is -0.136. The van der Waals surface area contributed by atoms with E-state index < -0.39 is 23.6 Å². The molecule has 0 spiro atoms. The van der Waals surface area contributed by atoms with Crippen LogP contribution >= 0.6 is 0 Å². The van der Waals surface area contributed by atoms with E-state index in [1.54, 1.807) is 24.4 Å². The molecule has 2 N–H and O–H groups in total. The number of pyridine rings is 1. The van der Waals surface area contributed by atoms with Gasteiger partial charge in [-0.05, 0) is 30.7 Å². The Morgan fingerprint density at radius 1 is 1.07 bits per heavy atom. The maximum absolute atomic E-state index is 13.2. The van der Waals surface area contributed by atoms with Gasteiger partial charge in [0.2, 0.25) is 5.82 Å². The normalized spacial score (nSPS) is 11.4. The summed E-state index contributed by atoms with van der Waals surface area (Å²) in [6.07, 6.45) is -2.34. The molecular weight excluding hydrogens is 373 g/mol. The van der Waals surface area contributed by atoms with Crippen molar-refractivity contribution in [3.63, 3.8) is 0 Å². The van der Waals surface area contributed by atoms with E-state index in [9.17, 15) is 22.8 Å². The highest BCUT2D eigenvalue weighted by atomic mass is 19.4. The van der Waals surface area contributed by atoms with Crippen LogP contribution in [0.15, 0.2) is 48.7 Å². The molecule has 2 amide bonds. The SMILES string of the molecule is CCCNC(=O)c1nc(C(=O)Nc2ccccc2C(F)(F)F)c2ccccn12. The Morgan fingerprint density at radius 2 is 1.79 bits per heavy atom. The van der Waals surface area contributed by atoms with Crippen molar-refractivity contribution >= 4 is 23.0 Å². The lowest BCUT2D eigenvalue weighted by atomic mass is 10.1. The quantitative estimate of drug-likeness (QED) is 0.697. The molecule has 0 atom stereocenters. The minimum Gasteiger partial charge on any atom is -0.349 e. The molecule has 0 fully saturated rings. The Balaban J connectivity index is 1.99. The fourth-order valence-electron chi connectivity index (χ4n) is 2.70. The lowest BCUT2D eigenvalue weighted by Gasteiger charge is -2.12. The molecule has 0 aliphatic carbocycles. The predicted octanol–water partition coefficient (Wildman–Crippen LogP) is 3.75. The number of imidazole rings is 1. The highest BCUT2D eigenvalue weighted by Crippen LogP contribution is 2.34. The summed E-state index contributed by atoms with van der Waals surface area (Å²) in [6, 6.07) is 9.53. The van der Waals surface area contributed by atoms with Gasteiger partial charge in [0.15, 0.2) is 5.69 Å². The maximum atomic E-state index is 13.2. The first-order valence-electron chi connectivity index (χ1n) is 8.55. The van der Waals surface area contributed by atoms with Crippen molar-refractivity contribution in [2.75, 3.05) is 11.9 Å². The van der Waals surface area contributed by atoms with Crippen LogP contribution in [-0.2, 0) is 6.18 Å². The summed E-state index contributed by atoms with van der Waals surface area (Å²) in [4.78, 5) is 29.1. The minimum atomic E-state index is -4.62. The highest BCUT2D eigenvalue weighted by Gasteiger charge is 2.34. The fraction of sp³-hybridized carbons (Fsp3) is 0.211. The van der Waals surface area contributed by atoms with Crippen LogP contribution in [0.25, 0.3) is 5.52 Å². The summed E-state index contributed by atoms with van der Waals surface area (Å²) < 4.78 is 40.9. The third kappa shape index (κ3) is 3.83. The van der Waals surface area contributed by atoms with Crippen LogP contribution in [0.3, 0.4) is 0 Å². The van der Waals surface area contributed by atoms with Gasteiger partial charge in [-0.15, -0.1) is 0 Å². The number of carbonyl (C=O) groups is 2. The monoisotopic (exact) mass is 390 g/mol. The number of amides is 2. The first-order chi connectivity index (χ1) is 13.3. The Labute approximate surface area is 158 Å². The zero-order valence-corrected chi connectivity index (χ0v) is 14.9. The topological polar surface area (TPSA) is 75.5 Å². The number of fused-ring (bicyclic) bond motifs is 1. The Hall–Kier alpha value is -3.36. The zero-order valence-electron chi connectivity index (χ0n) is 14.9. The van der Waals surface area contributed by atoms with Crippen molar-refractivity contribution in [3.05, 3.63) is 65.7 Å². The van der Waals surface area contributed by atoms with E-state index in [2.05, 4.69) is 15.6 Å². The van der Waals surface area contributed by atoms with Gasteiger partial charge in [-0.1, -0.05) is 25.1 Å². The van der Waals surface area contributed by atoms with Gasteiger partial charge < -0.3 is 10.6 Å². The van der Waals surface area contributed by atoms with E-state index in [0.717, 1.165) is 18.6 Å². The van der Waals surface area contributed by atoms with Gasteiger partial charge in [-0.25, -0.2) is 4.98 Å². The Morgan fingerprint density at radius 3 is 2.50 bits per heavy atom. The van der Waals surface area contributed by atoms with Crippen LogP contribution < -0.4 is 10.6 Å². The number of nitrogens with one attached hydrogen (secondary N) is 2. The number of halogens is 3. The number of hydrogen-bond acceptors (Lipinski definition) is 3. The minimum absolute atomic E-state index is 0.0155. The second kappa shape index (κ2) is 7.71. The average Bonchev–Trinajstić information content (AvgIpc) is 3.05. The second-order valence-electron chi connectivity index (χ2n) is 5.99. The first-order valence-corrected chi connectivity index (χ1v) is 8.55. The Bertz CT molecular complexity index is 1030. The molecule has 0 aliphatic rings. The molecule has 2 aromatic heterocycles. The van der Waals surface area contributed by atoms with Crippen molar-refractivity contribution in [1.29, 1.82) is 0 Å². The zero-order chi connectivity index (χ0) is 20.3. The van der Waals surface area contributed by atoms with E-state index in [-0.39, 0.29) is 17.2 Å². The van der Waals surface area contributed by atoms with Crippen molar-refractivity contribution in [2.24, 2.45) is 0 Å². The molecule has 3 aromatic rings. The average molecular weight is 390 g/mol. The largest absolute Gasteiger partial charge is 0.418 e. The second-order valence-corrected chi connectivity index (χ2v) is 5.99. The molecule has 1 aromatic carbocycles. The van der Waals surface area contributed by atoms with Crippen LogP contribution in [0.5, 0.6) is 0 Å². The number of anilines is 1. The number of rotatable bonds is 5. The number of alkyl halides is 3. The molecule has 0 unspecified atom stereocenters. The van der Waals surface area contributed by atoms with Gasteiger partial charge in [0, 0.05) is 12.7 Å². The highest BCUT2D eigenvalue weighted by molar-refractivity contribution is 6.09. The van der Waals surface area contributed by atoms with Crippen LogP contribution in [0, 0.1) is 0 Å². The van der Waals surface area contributed by atoms with Crippen LogP contribution in [0.2, 0.25) is 0 Å². The number of hydrogen-bond donors (Lipinski definition) is 2. The number of nitrogens with zero attached hydrogens (tertiary/aromatic N) is 2. The third-order valence-corrected chi connectivity index (χ3v) is 3.98. The standard InChI is InChI=1S/C19H17F3N4O2/c1-2-10-23-18(28)16-25-15(14-9-5-6-11-26(14)16)17(27)24-13-8-4-3-7-12(13)19(20,21)22/h3-9,11H,2,10H2,1H3,(H,23,28)(H,24,27). The summed E-state index contributed by atoms with van der Waals surface area (Å²) >= 11 is 0. The molecule has 0 saturated carbocycles. The molecule has 2 heterocycles. The van der Waals surface area contributed by atoms with Gasteiger partial charge in [-0.2, -0.15) is 13.2 Å². The van der Waals surface area contributed by atoms with E-state index in [0.29, 0.717) is 12.1 Å². The van der Waals surface area contributed by atoms with Gasteiger partial charge in [-0.3, -0.25) is 14.0 Å². The predicted molar refractivity (Wildman–Crippen MR) is 97.2 cm³/mol. The van der Waals surface area contributed by atoms with Crippen LogP contribution in [-0.4, -0.2) is 27.7 Å². The summed E-state index contributed by atoms with van der Waals surface area (Å²) in [7, 11) is 0. The maximum Gasteiger partial charge on any atom is 0.418 e. The van der Waals surface area contributed by atoms with Crippen molar-refractivity contribution in [3.8, 4) is 0 Å². The van der Waals surface area contributed by atoms with E-state index in [1.165, 1.54) is 16.5 Å². The summed E-state index contributed by atoms with van der Waals surface area (Å²) in [6.45, 7) is 2.32. The number of aromatic nitrogens is 2. The smallest absolute Gasteiger partial charge is 0.349 e. The van der Waals surface area contributed by atoms with Gasteiger partial charge >= 0.3 is 6.18 Å². The van der Waals surface area contributed by atoms with Crippen LogP contribution in [0.1, 0.15) is 40.0 Å². The Kier molecular flexibility index (Phi) is 5.34. The molecule has 0 bridgehead atoms. The van der Waals surface area contributed by atoms with Crippen molar-refractivity contribution < 1.29 is 22.8 Å². The number of carbonyl (C=O) groups excluding carboxylic acids is 2. The summed E-state index contributed by atoms with van der Waals surface area (Å²) in [5, 5.41) is 4.92. The van der Waals surface area contributed by atoms with E-state index in [1.807, 2.05) is 6.92 Å². The molecule has 6 nitrogen and oxygen atoms in total.